The highest BCUT2D eigenvalue weighted by Crippen LogP contribution is 2.19. The molecule has 3 aromatic rings. The molecular weight excluding hydrogens is 336 g/mol. The Morgan fingerprint density at radius 2 is 1.92 bits per heavy atom. The normalized spacial score (nSPS) is 10.3. The number of benzene rings is 2. The molecule has 5 nitrogen and oxygen atoms in total. The van der Waals surface area contributed by atoms with Crippen molar-refractivity contribution in [2.45, 2.75) is 6.42 Å². The summed E-state index contributed by atoms with van der Waals surface area (Å²) in [5.74, 6) is 2.16. The van der Waals surface area contributed by atoms with E-state index in [1.54, 1.807) is 13.3 Å². The van der Waals surface area contributed by atoms with Gasteiger partial charge in [0.15, 0.2) is 0 Å². The van der Waals surface area contributed by atoms with E-state index in [0.29, 0.717) is 16.8 Å². The zero-order valence-electron chi connectivity index (χ0n) is 13.9. The van der Waals surface area contributed by atoms with Gasteiger partial charge in [0.1, 0.15) is 11.6 Å². The molecule has 3 rings (SSSR count). The van der Waals surface area contributed by atoms with Crippen LogP contribution in [0.5, 0.6) is 5.75 Å². The number of hydrogen-bond donors (Lipinski definition) is 2. The van der Waals surface area contributed by atoms with Crippen LogP contribution in [0, 0.1) is 0 Å². The van der Waals surface area contributed by atoms with Crippen LogP contribution < -0.4 is 15.4 Å². The van der Waals surface area contributed by atoms with Crippen molar-refractivity contribution in [3.8, 4) is 5.75 Å². The lowest BCUT2D eigenvalue weighted by Gasteiger charge is -2.09. The zero-order chi connectivity index (χ0) is 17.5. The summed E-state index contributed by atoms with van der Waals surface area (Å²) in [6.45, 7) is 0.743. The summed E-state index contributed by atoms with van der Waals surface area (Å²) < 4.78 is 5.16. The maximum atomic E-state index is 6.00. The molecule has 0 saturated heterocycles. The van der Waals surface area contributed by atoms with E-state index in [0.717, 1.165) is 24.4 Å². The van der Waals surface area contributed by atoms with E-state index in [2.05, 4.69) is 32.7 Å². The predicted octanol–water partition coefficient (Wildman–Crippen LogP) is 4.54. The van der Waals surface area contributed by atoms with Gasteiger partial charge in [-0.05, 0) is 48.4 Å². The number of halogens is 1. The third kappa shape index (κ3) is 5.09. The fourth-order valence-electron chi connectivity index (χ4n) is 2.34. The molecule has 1 aromatic heterocycles. The van der Waals surface area contributed by atoms with Crippen LogP contribution in [0.1, 0.15) is 5.56 Å². The average Bonchev–Trinajstić information content (AvgIpc) is 2.63. The first-order chi connectivity index (χ1) is 12.2. The molecule has 0 spiro atoms. The minimum Gasteiger partial charge on any atom is -0.497 e. The van der Waals surface area contributed by atoms with E-state index >= 15 is 0 Å². The number of ether oxygens (including phenoxy) is 1. The van der Waals surface area contributed by atoms with Crippen LogP contribution >= 0.6 is 11.6 Å². The van der Waals surface area contributed by atoms with Crippen LogP contribution in [-0.4, -0.2) is 23.6 Å². The molecule has 6 heteroatoms. The van der Waals surface area contributed by atoms with E-state index in [9.17, 15) is 0 Å². The highest BCUT2D eigenvalue weighted by molar-refractivity contribution is 6.30. The molecule has 128 valence electrons. The molecule has 0 radical (unpaired) electrons. The maximum absolute atomic E-state index is 6.00. The molecule has 2 N–H and O–H groups in total. The Balaban J connectivity index is 1.56. The molecular formula is C19H19ClN4O. The summed E-state index contributed by atoms with van der Waals surface area (Å²) in [7, 11) is 1.66. The fraction of sp³-hybridized carbons (Fsp3) is 0.158. The Morgan fingerprint density at radius 1 is 1.08 bits per heavy atom. The number of nitrogens with zero attached hydrogens (tertiary/aromatic N) is 2. The minimum atomic E-state index is 0.584. The van der Waals surface area contributed by atoms with Gasteiger partial charge in [-0.15, -0.1) is 0 Å². The Hall–Kier alpha value is -2.79. The van der Waals surface area contributed by atoms with Crippen molar-refractivity contribution in [3.63, 3.8) is 0 Å². The van der Waals surface area contributed by atoms with Gasteiger partial charge in [-0.25, -0.2) is 4.98 Å². The van der Waals surface area contributed by atoms with Crippen molar-refractivity contribution in [2.75, 3.05) is 24.3 Å². The minimum absolute atomic E-state index is 0.584. The summed E-state index contributed by atoms with van der Waals surface area (Å²) in [4.78, 5) is 8.71. The van der Waals surface area contributed by atoms with Gasteiger partial charge in [0.25, 0.3) is 0 Å². The van der Waals surface area contributed by atoms with Gasteiger partial charge < -0.3 is 15.4 Å². The number of aromatic nitrogens is 2. The maximum Gasteiger partial charge on any atom is 0.224 e. The van der Waals surface area contributed by atoms with E-state index in [1.807, 2.05) is 42.5 Å². The molecule has 1 heterocycles. The molecule has 0 aliphatic rings. The van der Waals surface area contributed by atoms with Gasteiger partial charge in [-0.3, -0.25) is 0 Å². The standard InChI is InChI=1S/C19H19ClN4O/c1-25-17-7-5-14(6-8-17)9-11-21-19-22-12-10-18(24-19)23-16-4-2-3-15(20)13-16/h2-8,10,12-13H,9,11H2,1H3,(H2,21,22,23,24). The predicted molar refractivity (Wildman–Crippen MR) is 102 cm³/mol. The summed E-state index contributed by atoms with van der Waals surface area (Å²) in [5.41, 5.74) is 2.11. The van der Waals surface area contributed by atoms with Gasteiger partial charge in [0.2, 0.25) is 5.95 Å². The second-order valence-electron chi connectivity index (χ2n) is 5.43. The Labute approximate surface area is 152 Å². The summed E-state index contributed by atoms with van der Waals surface area (Å²) in [5, 5.41) is 7.13. The SMILES string of the molecule is COc1ccc(CCNc2nccc(Nc3cccc(Cl)c3)n2)cc1. The van der Waals surface area contributed by atoms with Crippen molar-refractivity contribution in [3.05, 3.63) is 71.4 Å². The first-order valence-corrected chi connectivity index (χ1v) is 8.33. The highest BCUT2D eigenvalue weighted by atomic mass is 35.5. The Morgan fingerprint density at radius 3 is 2.68 bits per heavy atom. The third-order valence-corrected chi connectivity index (χ3v) is 3.84. The van der Waals surface area contributed by atoms with Crippen molar-refractivity contribution in [1.29, 1.82) is 0 Å². The first kappa shape index (κ1) is 17.0. The molecule has 0 saturated carbocycles. The van der Waals surface area contributed by atoms with E-state index in [1.165, 1.54) is 5.56 Å². The lowest BCUT2D eigenvalue weighted by molar-refractivity contribution is 0.414. The van der Waals surface area contributed by atoms with E-state index in [4.69, 9.17) is 16.3 Å². The topological polar surface area (TPSA) is 59.1 Å². The van der Waals surface area contributed by atoms with Crippen molar-refractivity contribution >= 4 is 29.1 Å². The van der Waals surface area contributed by atoms with Crippen LogP contribution in [0.3, 0.4) is 0 Å². The molecule has 0 unspecified atom stereocenters. The second-order valence-corrected chi connectivity index (χ2v) is 5.86. The highest BCUT2D eigenvalue weighted by Gasteiger charge is 2.01. The van der Waals surface area contributed by atoms with Crippen molar-refractivity contribution in [1.82, 2.24) is 9.97 Å². The largest absolute Gasteiger partial charge is 0.497 e. The quantitative estimate of drug-likeness (QED) is 0.652. The van der Waals surface area contributed by atoms with Crippen LogP contribution in [0.2, 0.25) is 5.02 Å². The van der Waals surface area contributed by atoms with Gasteiger partial charge in [0, 0.05) is 23.5 Å². The summed E-state index contributed by atoms with van der Waals surface area (Å²) >= 11 is 6.00. The molecule has 0 aliphatic heterocycles. The van der Waals surface area contributed by atoms with Gasteiger partial charge in [-0.2, -0.15) is 4.98 Å². The Bertz CT molecular complexity index is 824. The lowest BCUT2D eigenvalue weighted by Crippen LogP contribution is -2.08. The van der Waals surface area contributed by atoms with E-state index in [-0.39, 0.29) is 0 Å². The number of hydrogen-bond acceptors (Lipinski definition) is 5. The van der Waals surface area contributed by atoms with Crippen molar-refractivity contribution in [2.24, 2.45) is 0 Å². The van der Waals surface area contributed by atoms with Gasteiger partial charge >= 0.3 is 0 Å². The van der Waals surface area contributed by atoms with Gasteiger partial charge in [0.05, 0.1) is 7.11 Å². The molecule has 0 amide bonds. The van der Waals surface area contributed by atoms with Crippen molar-refractivity contribution < 1.29 is 4.74 Å². The molecule has 0 aliphatic carbocycles. The molecule has 0 fully saturated rings. The third-order valence-electron chi connectivity index (χ3n) is 3.61. The summed E-state index contributed by atoms with van der Waals surface area (Å²) in [6.07, 6.45) is 2.59. The molecule has 0 atom stereocenters. The van der Waals surface area contributed by atoms with Crippen LogP contribution in [-0.2, 0) is 6.42 Å². The number of nitrogens with one attached hydrogen (secondary N) is 2. The molecule has 25 heavy (non-hydrogen) atoms. The molecule has 2 aromatic carbocycles. The smallest absolute Gasteiger partial charge is 0.224 e. The monoisotopic (exact) mass is 354 g/mol. The van der Waals surface area contributed by atoms with Gasteiger partial charge in [-0.1, -0.05) is 29.8 Å². The fourth-order valence-corrected chi connectivity index (χ4v) is 2.53. The van der Waals surface area contributed by atoms with Crippen LogP contribution in [0.25, 0.3) is 0 Å². The number of anilines is 3. The van der Waals surface area contributed by atoms with Crippen LogP contribution in [0.4, 0.5) is 17.5 Å². The molecule has 0 bridgehead atoms. The number of methoxy groups -OCH3 is 1. The first-order valence-electron chi connectivity index (χ1n) is 7.95. The summed E-state index contributed by atoms with van der Waals surface area (Å²) in [6, 6.07) is 17.3. The van der Waals surface area contributed by atoms with E-state index < -0.39 is 0 Å². The lowest BCUT2D eigenvalue weighted by atomic mass is 10.1. The zero-order valence-corrected chi connectivity index (χ0v) is 14.6. The Kier molecular flexibility index (Phi) is 5.69. The number of rotatable bonds is 7. The van der Waals surface area contributed by atoms with Crippen LogP contribution in [0.15, 0.2) is 60.8 Å². The average molecular weight is 355 g/mol. The second kappa shape index (κ2) is 8.35.